The number of rotatable bonds is 10. The van der Waals surface area contributed by atoms with Crippen molar-refractivity contribution in [2.75, 3.05) is 13.1 Å². The monoisotopic (exact) mass is 497 g/mol. The molecule has 0 aromatic heterocycles. The molecular weight excluding hydrogens is 458 g/mol. The summed E-state index contributed by atoms with van der Waals surface area (Å²) >= 11 is 1.71. The van der Waals surface area contributed by atoms with E-state index in [9.17, 15) is 13.2 Å². The van der Waals surface area contributed by atoms with Gasteiger partial charge >= 0.3 is 6.18 Å². The summed E-state index contributed by atoms with van der Waals surface area (Å²) in [6, 6.07) is 3.54. The second-order valence-corrected chi connectivity index (χ2v) is 10.9. The van der Waals surface area contributed by atoms with Crippen LogP contribution in [0.15, 0.2) is 52.8 Å². The fourth-order valence-electron chi connectivity index (χ4n) is 4.02. The van der Waals surface area contributed by atoms with Gasteiger partial charge in [-0.2, -0.15) is 13.2 Å². The van der Waals surface area contributed by atoms with Crippen LogP contribution in [-0.2, 0) is 18.4 Å². The summed E-state index contributed by atoms with van der Waals surface area (Å²) in [7, 11) is 0. The first-order chi connectivity index (χ1) is 15.8. The number of allylic oxidation sites excluding steroid dienone is 3. The van der Waals surface area contributed by atoms with Crippen LogP contribution >= 0.6 is 11.8 Å². The zero-order valence-corrected chi connectivity index (χ0v) is 22.0. The molecule has 1 atom stereocenters. The van der Waals surface area contributed by atoms with Crippen LogP contribution in [-0.4, -0.2) is 18.0 Å². The first-order valence-electron chi connectivity index (χ1n) is 12.2. The Labute approximate surface area is 207 Å². The third-order valence-electron chi connectivity index (χ3n) is 6.89. The topological polar surface area (TPSA) is 3.24 Å². The Hall–Kier alpha value is -1.53. The molecule has 0 radical (unpaired) electrons. The van der Waals surface area contributed by atoms with Gasteiger partial charge in [0.1, 0.15) is 5.67 Å². The Kier molecular flexibility index (Phi) is 10.1. The van der Waals surface area contributed by atoms with E-state index in [0.29, 0.717) is 18.0 Å². The van der Waals surface area contributed by atoms with Crippen molar-refractivity contribution in [3.8, 4) is 0 Å². The Morgan fingerprint density at radius 2 is 1.74 bits per heavy atom. The van der Waals surface area contributed by atoms with Crippen LogP contribution in [0.25, 0.3) is 0 Å². The number of thioether (sulfide) groups is 1. The molecule has 1 fully saturated rings. The van der Waals surface area contributed by atoms with Crippen molar-refractivity contribution in [1.82, 2.24) is 4.90 Å². The molecule has 1 aromatic rings. The maximum absolute atomic E-state index is 15.6. The molecule has 0 N–H and O–H groups in total. The summed E-state index contributed by atoms with van der Waals surface area (Å²) in [6.07, 6.45) is 1.53. The summed E-state index contributed by atoms with van der Waals surface area (Å²) in [5.74, 6) is -0.0213. The normalized spacial score (nSPS) is 18.2. The van der Waals surface area contributed by atoms with Gasteiger partial charge in [0.05, 0.1) is 5.56 Å². The van der Waals surface area contributed by atoms with Gasteiger partial charge in [0.15, 0.2) is 0 Å². The van der Waals surface area contributed by atoms with Gasteiger partial charge in [-0.3, -0.25) is 4.90 Å². The van der Waals surface area contributed by atoms with E-state index in [1.54, 1.807) is 25.6 Å². The average molecular weight is 498 g/mol. The lowest BCUT2D eigenvalue weighted by molar-refractivity contribution is -0.137. The van der Waals surface area contributed by atoms with Gasteiger partial charge in [-0.1, -0.05) is 64.8 Å². The van der Waals surface area contributed by atoms with E-state index < -0.39 is 23.3 Å². The van der Waals surface area contributed by atoms with Crippen LogP contribution in [0.1, 0.15) is 77.0 Å². The first kappa shape index (κ1) is 28.7. The molecule has 1 aromatic carbocycles. The molecule has 1 saturated heterocycles. The number of nitrogens with zero attached hydrogens (tertiary/aromatic N) is 1. The van der Waals surface area contributed by atoms with Crippen LogP contribution < -0.4 is 0 Å². The third-order valence-corrected chi connectivity index (χ3v) is 8.11. The van der Waals surface area contributed by atoms with Crippen LogP contribution in [0.2, 0.25) is 0 Å². The fraction of sp³-hybridized carbons (Fsp3) is 0.571. The molecule has 190 valence electrons. The number of likely N-dealkylation sites (tertiary alicyclic amines) is 1. The standard InChI is InChI=1S/C28H39F4NS/c1-8-20(5)26(34-21(6)9-2)16-22-12-14-33(15-13-22)18-23-10-11-24(28(30,31)32)17-25(23)27(7,29)19(3)4/h10-11,16-17,19,22H,5-6,8-9,12-15,18H2,1-4,7H3/b26-16-. The van der Waals surface area contributed by atoms with Crippen molar-refractivity contribution in [3.05, 3.63) is 69.5 Å². The lowest BCUT2D eigenvalue weighted by Crippen LogP contribution is -2.34. The van der Waals surface area contributed by atoms with E-state index in [2.05, 4.69) is 38.0 Å². The molecule has 34 heavy (non-hydrogen) atoms. The molecule has 1 heterocycles. The summed E-state index contributed by atoms with van der Waals surface area (Å²) in [6.45, 7) is 19.4. The maximum atomic E-state index is 15.6. The molecule has 0 saturated carbocycles. The quantitative estimate of drug-likeness (QED) is 0.234. The van der Waals surface area contributed by atoms with E-state index in [4.69, 9.17) is 0 Å². The zero-order valence-electron chi connectivity index (χ0n) is 21.2. The highest BCUT2D eigenvalue weighted by Gasteiger charge is 2.37. The Balaban J connectivity index is 2.18. The number of alkyl halides is 4. The minimum absolute atomic E-state index is 0.148. The van der Waals surface area contributed by atoms with E-state index in [-0.39, 0.29) is 5.56 Å². The highest BCUT2D eigenvalue weighted by atomic mass is 32.2. The van der Waals surface area contributed by atoms with E-state index in [0.717, 1.165) is 61.4 Å². The Morgan fingerprint density at radius 1 is 1.12 bits per heavy atom. The van der Waals surface area contributed by atoms with Crippen molar-refractivity contribution < 1.29 is 17.6 Å². The first-order valence-corrected chi connectivity index (χ1v) is 13.0. The molecule has 0 aliphatic carbocycles. The van der Waals surface area contributed by atoms with E-state index in [1.165, 1.54) is 17.9 Å². The van der Waals surface area contributed by atoms with Gasteiger partial charge in [0.2, 0.25) is 0 Å². The molecular formula is C28H39F4NS. The molecule has 1 unspecified atom stereocenters. The van der Waals surface area contributed by atoms with Gasteiger partial charge in [-0.05, 0) is 91.3 Å². The minimum atomic E-state index is -4.49. The zero-order chi connectivity index (χ0) is 25.7. The van der Waals surface area contributed by atoms with Crippen LogP contribution in [0.3, 0.4) is 0 Å². The minimum Gasteiger partial charge on any atom is -0.299 e. The van der Waals surface area contributed by atoms with Gasteiger partial charge in [-0.15, -0.1) is 0 Å². The highest BCUT2D eigenvalue weighted by Crippen LogP contribution is 2.40. The summed E-state index contributed by atoms with van der Waals surface area (Å²) in [5, 5.41) is 0. The maximum Gasteiger partial charge on any atom is 0.416 e. The van der Waals surface area contributed by atoms with Crippen molar-refractivity contribution in [2.24, 2.45) is 11.8 Å². The third kappa shape index (κ3) is 7.48. The molecule has 0 bridgehead atoms. The lowest BCUT2D eigenvalue weighted by Gasteiger charge is -2.34. The van der Waals surface area contributed by atoms with Gasteiger partial charge in [-0.25, -0.2) is 4.39 Å². The number of hydrogen-bond donors (Lipinski definition) is 0. The van der Waals surface area contributed by atoms with E-state index in [1.807, 2.05) is 0 Å². The molecule has 1 aliphatic rings. The van der Waals surface area contributed by atoms with Gasteiger partial charge < -0.3 is 0 Å². The largest absolute Gasteiger partial charge is 0.416 e. The Bertz CT molecular complexity index is 890. The predicted molar refractivity (Wildman–Crippen MR) is 137 cm³/mol. The van der Waals surface area contributed by atoms with E-state index >= 15 is 4.39 Å². The molecule has 0 spiro atoms. The van der Waals surface area contributed by atoms with Crippen LogP contribution in [0.4, 0.5) is 17.6 Å². The second kappa shape index (κ2) is 11.9. The lowest BCUT2D eigenvalue weighted by atomic mass is 9.83. The summed E-state index contributed by atoms with van der Waals surface area (Å²) in [5.41, 5.74) is -0.737. The molecule has 2 rings (SSSR count). The van der Waals surface area contributed by atoms with Gasteiger partial charge in [0.25, 0.3) is 0 Å². The molecule has 0 amide bonds. The van der Waals surface area contributed by atoms with Crippen molar-refractivity contribution in [3.63, 3.8) is 0 Å². The van der Waals surface area contributed by atoms with Crippen molar-refractivity contribution >= 4 is 11.8 Å². The summed E-state index contributed by atoms with van der Waals surface area (Å²) in [4.78, 5) is 4.54. The predicted octanol–water partition coefficient (Wildman–Crippen LogP) is 9.27. The van der Waals surface area contributed by atoms with Gasteiger partial charge in [0, 0.05) is 11.4 Å². The van der Waals surface area contributed by atoms with Crippen LogP contribution in [0, 0.1) is 11.8 Å². The molecule has 1 aliphatic heterocycles. The second-order valence-electron chi connectivity index (χ2n) is 9.70. The van der Waals surface area contributed by atoms with Crippen molar-refractivity contribution in [1.29, 1.82) is 0 Å². The molecule has 6 heteroatoms. The number of halogens is 4. The number of piperidine rings is 1. The molecule has 1 nitrogen and oxygen atoms in total. The number of hydrogen-bond acceptors (Lipinski definition) is 2. The van der Waals surface area contributed by atoms with Crippen LogP contribution in [0.5, 0.6) is 0 Å². The number of benzene rings is 1. The Morgan fingerprint density at radius 3 is 2.24 bits per heavy atom. The smallest absolute Gasteiger partial charge is 0.299 e. The average Bonchev–Trinajstić information content (AvgIpc) is 2.78. The highest BCUT2D eigenvalue weighted by molar-refractivity contribution is 8.06. The summed E-state index contributed by atoms with van der Waals surface area (Å²) < 4.78 is 55.5. The van der Waals surface area contributed by atoms with Crippen molar-refractivity contribution in [2.45, 2.75) is 78.7 Å². The SMILES string of the molecule is C=C(CC)S/C(=C\C1CCN(Cc2ccc(C(F)(F)F)cc2C(C)(F)C(C)C)CC1)C(=C)CC. The fourth-order valence-corrected chi connectivity index (χ4v) is 5.02.